The molecular weight excluding hydrogens is 386 g/mol. The summed E-state index contributed by atoms with van der Waals surface area (Å²) in [5.41, 5.74) is 0.389. The fourth-order valence-electron chi connectivity index (χ4n) is 2.32. The van der Waals surface area contributed by atoms with Gasteiger partial charge in [-0.2, -0.15) is 0 Å². The molecule has 1 rings (SSSR count). The third-order valence-electron chi connectivity index (χ3n) is 3.33. The van der Waals surface area contributed by atoms with Crippen LogP contribution in [0.5, 0.6) is 0 Å². The van der Waals surface area contributed by atoms with Crippen molar-refractivity contribution < 1.29 is 42.9 Å². The van der Waals surface area contributed by atoms with Crippen LogP contribution in [0.2, 0.25) is 0 Å². The fourth-order valence-corrected chi connectivity index (χ4v) is 2.32. The molecule has 1 aromatic rings. The van der Waals surface area contributed by atoms with Crippen LogP contribution in [0.4, 0.5) is 5.69 Å². The Labute approximate surface area is 167 Å². The monoisotopic (exact) mass is 409 g/mol. The molecule has 0 aliphatic carbocycles. The molecule has 1 N–H and O–H groups in total. The molecule has 0 spiro atoms. The number of carbonyl (C=O) groups excluding carboxylic acids is 5. The quantitative estimate of drug-likeness (QED) is 0.468. The van der Waals surface area contributed by atoms with Gasteiger partial charge in [-0.3, -0.25) is 24.0 Å². The highest BCUT2D eigenvalue weighted by molar-refractivity contribution is 5.96. The maximum atomic E-state index is 12.8. The number of rotatable bonds is 9. The van der Waals surface area contributed by atoms with Crippen LogP contribution in [0.3, 0.4) is 0 Å². The first-order chi connectivity index (χ1) is 13.6. The predicted molar refractivity (Wildman–Crippen MR) is 98.4 cm³/mol. The lowest BCUT2D eigenvalue weighted by molar-refractivity contribution is -0.190. The van der Waals surface area contributed by atoms with E-state index in [1.54, 1.807) is 30.3 Å². The van der Waals surface area contributed by atoms with Gasteiger partial charge >= 0.3 is 23.9 Å². The van der Waals surface area contributed by atoms with Crippen LogP contribution in [-0.2, 0) is 42.9 Å². The lowest BCUT2D eigenvalue weighted by Crippen LogP contribution is -2.52. The summed E-state index contributed by atoms with van der Waals surface area (Å²) in [6, 6.07) is 8.25. The zero-order valence-electron chi connectivity index (χ0n) is 16.5. The van der Waals surface area contributed by atoms with Gasteiger partial charge in [0, 0.05) is 33.4 Å². The molecule has 0 aromatic heterocycles. The maximum Gasteiger partial charge on any atom is 0.303 e. The second-order valence-electron chi connectivity index (χ2n) is 5.91. The van der Waals surface area contributed by atoms with Gasteiger partial charge in [0.1, 0.15) is 6.61 Å². The zero-order chi connectivity index (χ0) is 22.0. The molecule has 0 aliphatic rings. The van der Waals surface area contributed by atoms with E-state index in [0.29, 0.717) is 5.69 Å². The van der Waals surface area contributed by atoms with Crippen LogP contribution in [0.1, 0.15) is 27.7 Å². The number of anilines is 1. The van der Waals surface area contributed by atoms with Gasteiger partial charge in [0.05, 0.1) is 0 Å². The van der Waals surface area contributed by atoms with Crippen molar-refractivity contribution in [2.24, 2.45) is 0 Å². The normalized spacial score (nSPS) is 13.2. The lowest BCUT2D eigenvalue weighted by Gasteiger charge is -2.30. The second-order valence-corrected chi connectivity index (χ2v) is 5.91. The molecule has 3 atom stereocenters. The van der Waals surface area contributed by atoms with E-state index in [1.165, 1.54) is 0 Å². The highest BCUT2D eigenvalue weighted by Gasteiger charge is 2.42. The van der Waals surface area contributed by atoms with Crippen molar-refractivity contribution in [3.05, 3.63) is 30.3 Å². The van der Waals surface area contributed by atoms with Crippen LogP contribution in [-0.4, -0.2) is 54.7 Å². The van der Waals surface area contributed by atoms with Crippen LogP contribution >= 0.6 is 0 Å². The van der Waals surface area contributed by atoms with E-state index in [2.05, 4.69) is 5.32 Å². The summed E-state index contributed by atoms with van der Waals surface area (Å²) in [5, 5.41) is 2.52. The van der Waals surface area contributed by atoms with E-state index in [0.717, 1.165) is 27.7 Å². The summed E-state index contributed by atoms with van der Waals surface area (Å²) < 4.78 is 20.1. The van der Waals surface area contributed by atoms with E-state index >= 15 is 0 Å². The second kappa shape index (κ2) is 11.4. The first-order valence-electron chi connectivity index (χ1n) is 8.61. The van der Waals surface area contributed by atoms with Crippen molar-refractivity contribution in [2.75, 3.05) is 11.9 Å². The van der Waals surface area contributed by atoms with Crippen molar-refractivity contribution in [3.63, 3.8) is 0 Å². The molecule has 1 amide bonds. The van der Waals surface area contributed by atoms with Crippen molar-refractivity contribution in [3.8, 4) is 0 Å². The Balaban J connectivity index is 3.24. The van der Waals surface area contributed by atoms with E-state index in [4.69, 9.17) is 18.9 Å². The minimum absolute atomic E-state index is 0.389. The highest BCUT2D eigenvalue weighted by atomic mass is 16.6. The van der Waals surface area contributed by atoms with Gasteiger partial charge in [-0.15, -0.1) is 0 Å². The molecule has 158 valence electrons. The standard InChI is InChI=1S/C19H23NO9/c1-11(21)26-10-16(27-12(2)22)17(28-13(3)23)18(29-14(4)24)19(25)20-15-8-6-5-7-9-15/h5-9,16-18H,10H2,1-4H3,(H,20,25)/t16-,17-,18-/m0/s1. The van der Waals surface area contributed by atoms with Crippen molar-refractivity contribution in [2.45, 2.75) is 46.0 Å². The fraction of sp³-hybridized carbons (Fsp3) is 0.421. The minimum Gasteiger partial charge on any atom is -0.462 e. The average Bonchev–Trinajstić information content (AvgIpc) is 2.61. The first kappa shape index (κ1) is 23.6. The number of ether oxygens (including phenoxy) is 4. The third kappa shape index (κ3) is 8.87. The average molecular weight is 409 g/mol. The number of hydrogen-bond acceptors (Lipinski definition) is 9. The summed E-state index contributed by atoms with van der Waals surface area (Å²) >= 11 is 0. The molecule has 10 nitrogen and oxygen atoms in total. The molecule has 0 heterocycles. The van der Waals surface area contributed by atoms with Crippen LogP contribution in [0, 0.1) is 0 Å². The molecule has 0 fully saturated rings. The van der Waals surface area contributed by atoms with Gasteiger partial charge in [0.15, 0.2) is 12.2 Å². The molecule has 10 heteroatoms. The lowest BCUT2D eigenvalue weighted by atomic mass is 10.1. The van der Waals surface area contributed by atoms with E-state index < -0.39 is 54.7 Å². The number of esters is 4. The molecule has 0 saturated carbocycles. The summed E-state index contributed by atoms with van der Waals surface area (Å²) in [5.74, 6) is -3.99. The van der Waals surface area contributed by atoms with Gasteiger partial charge in [0.2, 0.25) is 6.10 Å². The Kier molecular flexibility index (Phi) is 9.30. The van der Waals surface area contributed by atoms with Crippen LogP contribution in [0.15, 0.2) is 30.3 Å². The van der Waals surface area contributed by atoms with Crippen LogP contribution < -0.4 is 5.32 Å². The van der Waals surface area contributed by atoms with Gasteiger partial charge < -0.3 is 24.3 Å². The smallest absolute Gasteiger partial charge is 0.303 e. The molecule has 0 unspecified atom stereocenters. The number of carbonyl (C=O) groups is 5. The van der Waals surface area contributed by atoms with Gasteiger partial charge in [-0.25, -0.2) is 0 Å². The van der Waals surface area contributed by atoms with E-state index in [-0.39, 0.29) is 0 Å². The molecule has 0 radical (unpaired) electrons. The zero-order valence-corrected chi connectivity index (χ0v) is 16.5. The Morgan fingerprint density at radius 2 is 1.34 bits per heavy atom. The van der Waals surface area contributed by atoms with Gasteiger partial charge in [-0.05, 0) is 12.1 Å². The number of para-hydroxylation sites is 1. The largest absolute Gasteiger partial charge is 0.462 e. The van der Waals surface area contributed by atoms with Crippen molar-refractivity contribution in [1.29, 1.82) is 0 Å². The first-order valence-corrected chi connectivity index (χ1v) is 8.61. The topological polar surface area (TPSA) is 134 Å². The number of hydrogen-bond donors (Lipinski definition) is 1. The Hall–Kier alpha value is -3.43. The third-order valence-corrected chi connectivity index (χ3v) is 3.33. The SMILES string of the molecule is CC(=O)OC[C@H](OC(C)=O)[C@H](OC(C)=O)[C@H](OC(C)=O)C(=O)Nc1ccccc1. The maximum absolute atomic E-state index is 12.8. The molecule has 0 saturated heterocycles. The van der Waals surface area contributed by atoms with Crippen LogP contribution in [0.25, 0.3) is 0 Å². The summed E-state index contributed by atoms with van der Waals surface area (Å²) in [6.07, 6.45) is -4.65. The Bertz CT molecular complexity index is 747. The molecule has 1 aromatic carbocycles. The highest BCUT2D eigenvalue weighted by Crippen LogP contribution is 2.17. The number of benzene rings is 1. The summed E-state index contributed by atoms with van der Waals surface area (Å²) in [7, 11) is 0. The van der Waals surface area contributed by atoms with E-state index in [9.17, 15) is 24.0 Å². The van der Waals surface area contributed by atoms with E-state index in [1.807, 2.05) is 0 Å². The Morgan fingerprint density at radius 1 is 0.793 bits per heavy atom. The van der Waals surface area contributed by atoms with Gasteiger partial charge in [-0.1, -0.05) is 18.2 Å². The Morgan fingerprint density at radius 3 is 1.83 bits per heavy atom. The number of amides is 1. The molecular formula is C19H23NO9. The minimum atomic E-state index is -1.68. The van der Waals surface area contributed by atoms with Gasteiger partial charge in [0.25, 0.3) is 5.91 Å². The summed E-state index contributed by atoms with van der Waals surface area (Å²) in [6.45, 7) is 3.79. The molecule has 0 aliphatic heterocycles. The predicted octanol–water partition coefficient (Wildman–Crippen LogP) is 0.983. The molecule has 29 heavy (non-hydrogen) atoms. The number of nitrogens with one attached hydrogen (secondary N) is 1. The van der Waals surface area contributed by atoms with Crippen molar-refractivity contribution in [1.82, 2.24) is 0 Å². The van der Waals surface area contributed by atoms with Crippen molar-refractivity contribution >= 4 is 35.5 Å². The molecule has 0 bridgehead atoms. The summed E-state index contributed by atoms with van der Waals surface area (Å²) in [4.78, 5) is 58.6.